The number of nitrogen functional groups attached to an aromatic ring is 1. The molecule has 0 radical (unpaired) electrons. The van der Waals surface area contributed by atoms with Gasteiger partial charge in [0.05, 0.1) is 17.7 Å². The van der Waals surface area contributed by atoms with Gasteiger partial charge in [0.2, 0.25) is 5.91 Å². The van der Waals surface area contributed by atoms with Crippen LogP contribution in [0.4, 0.5) is 16.0 Å². The van der Waals surface area contributed by atoms with Crippen molar-refractivity contribution in [2.75, 3.05) is 18.2 Å². The van der Waals surface area contributed by atoms with E-state index in [0.717, 1.165) is 21.4 Å². The van der Waals surface area contributed by atoms with E-state index < -0.39 is 5.91 Å². The molecule has 0 unspecified atom stereocenters. The summed E-state index contributed by atoms with van der Waals surface area (Å²) in [6.45, 7) is 1.92. The molecule has 24 heavy (non-hydrogen) atoms. The maximum Gasteiger partial charge on any atom is 0.337 e. The molecule has 2 aromatic heterocycles. The quantitative estimate of drug-likeness (QED) is 0.644. The van der Waals surface area contributed by atoms with Crippen LogP contribution in [-0.4, -0.2) is 18.0 Å². The Labute approximate surface area is 146 Å². The van der Waals surface area contributed by atoms with E-state index in [2.05, 4.69) is 15.3 Å². The Hall–Kier alpha value is -2.65. The number of H-pyrrole nitrogens is 1. The Balaban J connectivity index is 1.91. The van der Waals surface area contributed by atoms with Crippen LogP contribution in [0.25, 0.3) is 10.6 Å². The first-order chi connectivity index (χ1) is 11.5. The van der Waals surface area contributed by atoms with Crippen molar-refractivity contribution >= 4 is 44.5 Å². The average molecular weight is 362 g/mol. The fourth-order valence-electron chi connectivity index (χ4n) is 2.22. The number of primary amides is 1. The van der Waals surface area contributed by atoms with Crippen LogP contribution in [0.1, 0.15) is 16.1 Å². The number of anilines is 3. The van der Waals surface area contributed by atoms with Crippen LogP contribution in [0.3, 0.4) is 0 Å². The first-order valence-corrected chi connectivity index (χ1v) is 8.66. The summed E-state index contributed by atoms with van der Waals surface area (Å²) in [5.41, 5.74) is 14.0. The number of aromatic nitrogens is 2. The van der Waals surface area contributed by atoms with Crippen LogP contribution in [-0.2, 0) is 0 Å². The number of thiazole rings is 2. The van der Waals surface area contributed by atoms with Gasteiger partial charge in [-0.3, -0.25) is 4.79 Å². The van der Waals surface area contributed by atoms with Gasteiger partial charge in [-0.2, -0.15) is 0 Å². The average Bonchev–Trinajstić information content (AvgIpc) is 3.13. The number of aromatic amines is 1. The van der Waals surface area contributed by atoms with Gasteiger partial charge in [0.1, 0.15) is 0 Å². The first kappa shape index (κ1) is 16.2. The Morgan fingerprint density at radius 3 is 2.83 bits per heavy atom. The topological polar surface area (TPSA) is 117 Å². The van der Waals surface area contributed by atoms with Gasteiger partial charge < -0.3 is 16.2 Å². The minimum atomic E-state index is -0.493. The highest BCUT2D eigenvalue weighted by Crippen LogP contribution is 2.33. The molecule has 0 aliphatic rings. The zero-order chi connectivity index (χ0) is 17.3. The van der Waals surface area contributed by atoms with Crippen molar-refractivity contribution in [1.29, 1.82) is 0 Å². The minimum Gasteiger partial charge on any atom is -0.492 e. The van der Waals surface area contributed by atoms with Gasteiger partial charge in [0.25, 0.3) is 0 Å². The molecule has 0 aliphatic heterocycles. The smallest absolute Gasteiger partial charge is 0.337 e. The zero-order valence-electron chi connectivity index (χ0n) is 13.0. The number of carbonyl (C=O) groups excluding carboxylic acids is 1. The monoisotopic (exact) mass is 362 g/mol. The third-order valence-corrected chi connectivity index (χ3v) is 5.15. The van der Waals surface area contributed by atoms with Crippen LogP contribution in [0.2, 0.25) is 0 Å². The lowest BCUT2D eigenvalue weighted by Crippen LogP contribution is -2.12. The van der Waals surface area contributed by atoms with E-state index in [1.807, 2.05) is 12.3 Å². The number of nitrogens with one attached hydrogen (secondary N) is 2. The molecule has 0 aliphatic carbocycles. The number of nitrogens with zero attached hydrogens (tertiary/aromatic N) is 1. The van der Waals surface area contributed by atoms with E-state index >= 15 is 0 Å². The highest BCUT2D eigenvalue weighted by molar-refractivity contribution is 7.19. The number of ether oxygens (including phenoxy) is 1. The highest BCUT2D eigenvalue weighted by atomic mass is 32.1. The number of benzene rings is 1. The molecule has 7 nitrogen and oxygen atoms in total. The number of hydrogen-bond donors (Lipinski definition) is 3. The van der Waals surface area contributed by atoms with Crippen LogP contribution in [0.5, 0.6) is 5.75 Å². The van der Waals surface area contributed by atoms with Gasteiger partial charge in [0, 0.05) is 17.0 Å². The molecule has 0 saturated carbocycles. The second-order valence-corrected chi connectivity index (χ2v) is 6.88. The van der Waals surface area contributed by atoms with Crippen molar-refractivity contribution in [1.82, 2.24) is 4.98 Å². The van der Waals surface area contributed by atoms with Crippen molar-refractivity contribution in [2.45, 2.75) is 6.92 Å². The standard InChI is InChI=1S/C15H15N5O2S2/c1-7-12(24-14(17)18-7)10-6-23-15(20-10)19-9-5-8(13(16)21)3-4-11(9)22-2/h3-6H,1-2H3,(H2,16,21)(H2,17,18)(H,19,20)/p+1. The molecule has 124 valence electrons. The summed E-state index contributed by atoms with van der Waals surface area (Å²) in [4.78, 5) is 19.9. The van der Waals surface area contributed by atoms with Crippen molar-refractivity contribution in [3.63, 3.8) is 0 Å². The second-order valence-electron chi connectivity index (χ2n) is 4.97. The summed E-state index contributed by atoms with van der Waals surface area (Å²) in [6.07, 6.45) is 0. The van der Waals surface area contributed by atoms with Crippen molar-refractivity contribution in [3.05, 3.63) is 34.8 Å². The molecule has 0 atom stereocenters. The molecule has 0 spiro atoms. The lowest BCUT2D eigenvalue weighted by atomic mass is 10.2. The molecule has 2 heterocycles. The first-order valence-electron chi connectivity index (χ1n) is 6.97. The van der Waals surface area contributed by atoms with Crippen LogP contribution in [0.15, 0.2) is 23.6 Å². The van der Waals surface area contributed by atoms with Gasteiger partial charge in [-0.25, -0.2) is 15.3 Å². The van der Waals surface area contributed by atoms with Crippen LogP contribution >= 0.6 is 22.7 Å². The molecule has 0 bridgehead atoms. The number of carbonyl (C=O) groups is 1. The van der Waals surface area contributed by atoms with Gasteiger partial charge >= 0.3 is 5.13 Å². The van der Waals surface area contributed by atoms with Crippen molar-refractivity contribution < 1.29 is 14.5 Å². The third kappa shape index (κ3) is 3.17. The van der Waals surface area contributed by atoms with Crippen LogP contribution < -0.4 is 26.5 Å². The molecule has 1 aromatic carbocycles. The molecule has 3 aromatic rings. The molecule has 0 saturated heterocycles. The second kappa shape index (κ2) is 6.46. The predicted molar refractivity (Wildman–Crippen MR) is 95.9 cm³/mol. The molecule has 9 heteroatoms. The lowest BCUT2D eigenvalue weighted by molar-refractivity contribution is -0.340. The largest absolute Gasteiger partial charge is 0.492 e. The Bertz CT molecular complexity index is 903. The molecule has 3 rings (SSSR count). The van der Waals surface area contributed by atoms with E-state index in [0.29, 0.717) is 22.1 Å². The number of nitrogens with two attached hydrogens (primary N) is 2. The SMILES string of the molecule is COc1ccc(C(N)=O)cc1Nc1[nH+]c(-c2sc(N)nc2C)cs1. The van der Waals surface area contributed by atoms with Crippen molar-refractivity contribution in [3.8, 4) is 16.3 Å². The van der Waals surface area contributed by atoms with Gasteiger partial charge in [-0.15, -0.1) is 0 Å². The Morgan fingerprint density at radius 1 is 1.42 bits per heavy atom. The third-order valence-electron chi connectivity index (χ3n) is 3.33. The predicted octanol–water partition coefficient (Wildman–Crippen LogP) is 2.43. The number of methoxy groups -OCH3 is 1. The summed E-state index contributed by atoms with van der Waals surface area (Å²) in [7, 11) is 1.57. The van der Waals surface area contributed by atoms with Gasteiger partial charge in [-0.1, -0.05) is 22.7 Å². The highest BCUT2D eigenvalue weighted by Gasteiger charge is 2.18. The summed E-state index contributed by atoms with van der Waals surface area (Å²) >= 11 is 2.92. The van der Waals surface area contributed by atoms with E-state index in [1.165, 1.54) is 22.7 Å². The minimum absolute atomic E-state index is 0.404. The molecular formula is C15H16N5O2S2+. The maximum absolute atomic E-state index is 11.4. The van der Waals surface area contributed by atoms with E-state index in [-0.39, 0.29) is 0 Å². The number of amides is 1. The Kier molecular flexibility index (Phi) is 4.36. The van der Waals surface area contributed by atoms with E-state index in [1.54, 1.807) is 25.3 Å². The van der Waals surface area contributed by atoms with Gasteiger partial charge in [-0.05, 0) is 19.1 Å². The maximum atomic E-state index is 11.4. The number of rotatable bonds is 5. The fourth-order valence-corrected chi connectivity index (χ4v) is 3.85. The lowest BCUT2D eigenvalue weighted by Gasteiger charge is -2.05. The number of hydrogen-bond acceptors (Lipinski definition) is 7. The Morgan fingerprint density at radius 2 is 2.21 bits per heavy atom. The normalized spacial score (nSPS) is 10.6. The van der Waals surface area contributed by atoms with Gasteiger partial charge in [0.15, 0.2) is 22.3 Å². The fraction of sp³-hybridized carbons (Fsp3) is 0.133. The summed E-state index contributed by atoms with van der Waals surface area (Å²) < 4.78 is 5.32. The molecule has 1 amide bonds. The van der Waals surface area contributed by atoms with Crippen LogP contribution in [0, 0.1) is 6.92 Å². The van der Waals surface area contributed by atoms with E-state index in [9.17, 15) is 4.79 Å². The summed E-state index contributed by atoms with van der Waals surface area (Å²) in [5, 5.41) is 6.52. The van der Waals surface area contributed by atoms with Crippen molar-refractivity contribution in [2.24, 2.45) is 5.73 Å². The van der Waals surface area contributed by atoms with E-state index in [4.69, 9.17) is 16.2 Å². The zero-order valence-corrected chi connectivity index (χ0v) is 14.7. The molecule has 6 N–H and O–H groups in total. The number of aryl methyl sites for hydroxylation is 1. The molecule has 0 fully saturated rings. The summed E-state index contributed by atoms with van der Waals surface area (Å²) in [5.74, 6) is 0.119. The summed E-state index contributed by atoms with van der Waals surface area (Å²) in [6, 6.07) is 4.98. The molecular weight excluding hydrogens is 346 g/mol.